The van der Waals surface area contributed by atoms with Crippen LogP contribution < -0.4 is 9.64 Å². The van der Waals surface area contributed by atoms with Gasteiger partial charge in [0.15, 0.2) is 5.60 Å². The van der Waals surface area contributed by atoms with Crippen molar-refractivity contribution in [3.05, 3.63) is 52.5 Å². The Kier molecular flexibility index (Phi) is 6.45. The van der Waals surface area contributed by atoms with E-state index in [-0.39, 0.29) is 4.90 Å². The monoisotopic (exact) mass is 496 g/mol. The van der Waals surface area contributed by atoms with Gasteiger partial charge >= 0.3 is 5.97 Å². The van der Waals surface area contributed by atoms with Gasteiger partial charge in [-0.05, 0) is 62.7 Å². The van der Waals surface area contributed by atoms with Crippen LogP contribution in [-0.2, 0) is 14.8 Å². The number of carboxylic acids is 1. The van der Waals surface area contributed by atoms with E-state index in [0.717, 1.165) is 10.2 Å². The second kappa shape index (κ2) is 8.56. The van der Waals surface area contributed by atoms with Crippen LogP contribution >= 0.6 is 15.9 Å². The van der Waals surface area contributed by atoms with E-state index in [1.807, 2.05) is 24.3 Å². The van der Waals surface area contributed by atoms with Crippen molar-refractivity contribution in [2.24, 2.45) is 0 Å². The molecule has 0 atom stereocenters. The Morgan fingerprint density at radius 1 is 1.10 bits per heavy atom. The second-order valence-electron chi connectivity index (χ2n) is 7.72. The first kappa shape index (κ1) is 22.6. The standard InChI is InChI=1S/C21H25BrN2O5S/c1-15-13-18(7-8-19(15)29-21(2,3)20(25)26)30(27,28)24-11-9-23(10-12-24)17-6-4-5-16(22)14-17/h4-8,13-14H,9-12H2,1-3H3,(H,25,26). The van der Waals surface area contributed by atoms with Gasteiger partial charge in [-0.15, -0.1) is 0 Å². The van der Waals surface area contributed by atoms with E-state index in [1.165, 1.54) is 36.4 Å². The van der Waals surface area contributed by atoms with Gasteiger partial charge in [0.2, 0.25) is 10.0 Å². The third-order valence-corrected chi connectivity index (χ3v) is 7.46. The first-order valence-corrected chi connectivity index (χ1v) is 11.8. The van der Waals surface area contributed by atoms with Crippen molar-refractivity contribution in [2.45, 2.75) is 31.3 Å². The number of carboxylic acid groups (broad SMARTS) is 1. The third-order valence-electron chi connectivity index (χ3n) is 5.08. The molecule has 0 spiro atoms. The highest BCUT2D eigenvalue weighted by Crippen LogP contribution is 2.28. The molecule has 0 amide bonds. The van der Waals surface area contributed by atoms with Crippen LogP contribution in [0, 0.1) is 6.92 Å². The van der Waals surface area contributed by atoms with Crippen LogP contribution in [0.2, 0.25) is 0 Å². The molecule has 30 heavy (non-hydrogen) atoms. The molecule has 0 aliphatic carbocycles. The molecule has 0 saturated carbocycles. The number of benzene rings is 2. The summed E-state index contributed by atoms with van der Waals surface area (Å²) >= 11 is 3.47. The maximum absolute atomic E-state index is 13.1. The van der Waals surface area contributed by atoms with E-state index in [1.54, 1.807) is 6.92 Å². The van der Waals surface area contributed by atoms with Gasteiger partial charge < -0.3 is 14.7 Å². The van der Waals surface area contributed by atoms with Crippen LogP contribution in [0.4, 0.5) is 5.69 Å². The highest BCUT2D eigenvalue weighted by molar-refractivity contribution is 9.10. The number of piperazine rings is 1. The van der Waals surface area contributed by atoms with E-state index >= 15 is 0 Å². The summed E-state index contributed by atoms with van der Waals surface area (Å²) in [5.74, 6) is -0.747. The number of sulfonamides is 1. The van der Waals surface area contributed by atoms with Gasteiger partial charge in [-0.2, -0.15) is 4.31 Å². The third kappa shape index (κ3) is 4.79. The summed E-state index contributed by atoms with van der Waals surface area (Å²) < 4.78 is 34.2. The lowest BCUT2D eigenvalue weighted by Crippen LogP contribution is -2.48. The Morgan fingerprint density at radius 3 is 2.33 bits per heavy atom. The quantitative estimate of drug-likeness (QED) is 0.658. The van der Waals surface area contributed by atoms with Gasteiger partial charge in [0.1, 0.15) is 5.75 Å². The molecule has 0 aromatic heterocycles. The van der Waals surface area contributed by atoms with Crippen LogP contribution in [0.15, 0.2) is 51.8 Å². The highest BCUT2D eigenvalue weighted by Gasteiger charge is 2.32. The molecule has 9 heteroatoms. The molecule has 3 rings (SSSR count). The summed E-state index contributed by atoms with van der Waals surface area (Å²) in [5.41, 5.74) is 0.214. The number of hydrogen-bond acceptors (Lipinski definition) is 5. The van der Waals surface area contributed by atoms with Crippen molar-refractivity contribution in [1.29, 1.82) is 0 Å². The number of hydrogen-bond donors (Lipinski definition) is 1. The average Bonchev–Trinajstić information content (AvgIpc) is 2.69. The zero-order valence-corrected chi connectivity index (χ0v) is 19.5. The van der Waals surface area contributed by atoms with Crippen LogP contribution in [-0.4, -0.2) is 55.6 Å². The van der Waals surface area contributed by atoms with Gasteiger partial charge in [0.05, 0.1) is 4.90 Å². The maximum Gasteiger partial charge on any atom is 0.347 e. The number of halogens is 1. The Hall–Kier alpha value is -2.10. The zero-order valence-electron chi connectivity index (χ0n) is 17.1. The number of aliphatic carboxylic acids is 1. The lowest BCUT2D eigenvalue weighted by molar-refractivity contribution is -0.152. The molecular formula is C21H25BrN2O5S. The van der Waals surface area contributed by atoms with Crippen LogP contribution in [0.1, 0.15) is 19.4 Å². The lowest BCUT2D eigenvalue weighted by Gasteiger charge is -2.35. The predicted octanol–water partition coefficient (Wildman–Crippen LogP) is 3.51. The molecule has 2 aromatic rings. The number of anilines is 1. The first-order chi connectivity index (χ1) is 14.0. The van der Waals surface area contributed by atoms with Crippen LogP contribution in [0.3, 0.4) is 0 Å². The summed E-state index contributed by atoms with van der Waals surface area (Å²) in [6.45, 7) is 6.58. The molecule has 7 nitrogen and oxygen atoms in total. The maximum atomic E-state index is 13.1. The second-order valence-corrected chi connectivity index (χ2v) is 10.6. The molecule has 1 saturated heterocycles. The van der Waals surface area contributed by atoms with E-state index in [2.05, 4.69) is 20.8 Å². The van der Waals surface area contributed by atoms with Gasteiger partial charge in [0.25, 0.3) is 0 Å². The molecule has 162 valence electrons. The Balaban J connectivity index is 1.73. The largest absolute Gasteiger partial charge is 0.478 e. The van der Waals surface area contributed by atoms with Crippen LogP contribution in [0.25, 0.3) is 0 Å². The Labute approximate surface area is 185 Å². The van der Waals surface area contributed by atoms with E-state index in [4.69, 9.17) is 4.74 Å². The van der Waals surface area contributed by atoms with Gasteiger partial charge in [-0.25, -0.2) is 13.2 Å². The fraction of sp³-hybridized carbons (Fsp3) is 0.381. The molecule has 0 unspecified atom stereocenters. The zero-order chi connectivity index (χ0) is 22.1. The van der Waals surface area contributed by atoms with E-state index in [0.29, 0.717) is 37.5 Å². The van der Waals surface area contributed by atoms with E-state index < -0.39 is 21.6 Å². The summed E-state index contributed by atoms with van der Waals surface area (Å²) in [5, 5.41) is 9.23. The van der Waals surface area contributed by atoms with Gasteiger partial charge in [0, 0.05) is 36.3 Å². The fourth-order valence-corrected chi connectivity index (χ4v) is 5.12. The topological polar surface area (TPSA) is 87.2 Å². The molecule has 1 aliphatic rings. The van der Waals surface area contributed by atoms with Crippen molar-refractivity contribution in [1.82, 2.24) is 4.31 Å². The molecular weight excluding hydrogens is 472 g/mol. The van der Waals surface area contributed by atoms with Crippen molar-refractivity contribution in [3.63, 3.8) is 0 Å². The number of ether oxygens (including phenoxy) is 1. The SMILES string of the molecule is Cc1cc(S(=O)(=O)N2CCN(c3cccc(Br)c3)CC2)ccc1OC(C)(C)C(=O)O. The molecule has 0 radical (unpaired) electrons. The number of rotatable bonds is 6. The lowest BCUT2D eigenvalue weighted by atomic mass is 10.1. The first-order valence-electron chi connectivity index (χ1n) is 9.54. The minimum atomic E-state index is -3.65. The number of nitrogens with zero attached hydrogens (tertiary/aromatic N) is 2. The van der Waals surface area contributed by atoms with Crippen molar-refractivity contribution in [3.8, 4) is 5.75 Å². The molecule has 1 N–H and O–H groups in total. The average molecular weight is 497 g/mol. The fourth-order valence-electron chi connectivity index (χ4n) is 3.22. The van der Waals surface area contributed by atoms with Crippen LogP contribution in [0.5, 0.6) is 5.75 Å². The highest BCUT2D eigenvalue weighted by atomic mass is 79.9. The Bertz CT molecular complexity index is 1050. The van der Waals surface area contributed by atoms with Crippen molar-refractivity contribution >= 4 is 37.6 Å². The molecule has 1 aliphatic heterocycles. The predicted molar refractivity (Wildman–Crippen MR) is 119 cm³/mol. The molecule has 0 bridgehead atoms. The molecule has 1 heterocycles. The summed E-state index contributed by atoms with van der Waals surface area (Å²) in [4.78, 5) is 13.6. The smallest absolute Gasteiger partial charge is 0.347 e. The summed E-state index contributed by atoms with van der Waals surface area (Å²) in [6.07, 6.45) is 0. The minimum absolute atomic E-state index is 0.177. The Morgan fingerprint density at radius 2 is 1.77 bits per heavy atom. The van der Waals surface area contributed by atoms with Crippen molar-refractivity contribution in [2.75, 3.05) is 31.1 Å². The van der Waals surface area contributed by atoms with Crippen molar-refractivity contribution < 1.29 is 23.1 Å². The molecule has 1 fully saturated rings. The normalized spacial score (nSPS) is 15.8. The summed E-state index contributed by atoms with van der Waals surface area (Å²) in [7, 11) is -3.65. The number of aryl methyl sites for hydroxylation is 1. The number of carbonyl (C=O) groups is 1. The van der Waals surface area contributed by atoms with Gasteiger partial charge in [-0.3, -0.25) is 0 Å². The van der Waals surface area contributed by atoms with E-state index in [9.17, 15) is 18.3 Å². The summed E-state index contributed by atoms with van der Waals surface area (Å²) in [6, 6.07) is 12.5. The molecule has 2 aromatic carbocycles. The van der Waals surface area contributed by atoms with Gasteiger partial charge in [-0.1, -0.05) is 22.0 Å². The minimum Gasteiger partial charge on any atom is -0.478 e.